The van der Waals surface area contributed by atoms with Gasteiger partial charge in [-0.15, -0.1) is 0 Å². The molecule has 0 N–H and O–H groups in total. The minimum absolute atomic E-state index is 0.0174. The minimum atomic E-state index is -0.597. The summed E-state index contributed by atoms with van der Waals surface area (Å²) in [5.41, 5.74) is 0. The SMILES string of the molecule is C=CC(=O)OCCCCOc1cnc(C(=O)OC)nc1. The maximum Gasteiger partial charge on any atom is 0.376 e. The van der Waals surface area contributed by atoms with Gasteiger partial charge in [-0.3, -0.25) is 0 Å². The summed E-state index contributed by atoms with van der Waals surface area (Å²) in [4.78, 5) is 29.5. The van der Waals surface area contributed by atoms with E-state index in [1.54, 1.807) is 0 Å². The van der Waals surface area contributed by atoms with Crippen LogP contribution in [0.2, 0.25) is 0 Å². The van der Waals surface area contributed by atoms with Crippen molar-refractivity contribution in [3.8, 4) is 5.75 Å². The number of carbonyl (C=O) groups is 2. The smallest absolute Gasteiger partial charge is 0.376 e. The van der Waals surface area contributed by atoms with Gasteiger partial charge < -0.3 is 14.2 Å². The normalized spacial score (nSPS) is 9.65. The van der Waals surface area contributed by atoms with Gasteiger partial charge in [-0.1, -0.05) is 6.58 Å². The van der Waals surface area contributed by atoms with E-state index in [1.165, 1.54) is 19.5 Å². The fourth-order valence-electron chi connectivity index (χ4n) is 1.21. The molecule has 7 nitrogen and oxygen atoms in total. The molecule has 0 amide bonds. The van der Waals surface area contributed by atoms with Crippen molar-refractivity contribution in [1.82, 2.24) is 9.97 Å². The number of esters is 2. The van der Waals surface area contributed by atoms with Crippen LogP contribution >= 0.6 is 0 Å². The summed E-state index contributed by atoms with van der Waals surface area (Å²) in [5, 5.41) is 0. The Kier molecular flexibility index (Phi) is 6.74. The van der Waals surface area contributed by atoms with E-state index in [9.17, 15) is 9.59 Å². The van der Waals surface area contributed by atoms with Gasteiger partial charge in [-0.2, -0.15) is 0 Å². The van der Waals surface area contributed by atoms with Crippen molar-refractivity contribution < 1.29 is 23.8 Å². The number of ether oxygens (including phenoxy) is 3. The molecule has 0 atom stereocenters. The number of unbranched alkanes of at least 4 members (excludes halogenated alkanes) is 1. The van der Waals surface area contributed by atoms with Crippen LogP contribution in [0.25, 0.3) is 0 Å². The molecule has 1 aromatic heterocycles. The van der Waals surface area contributed by atoms with Gasteiger partial charge in [0.2, 0.25) is 5.82 Å². The van der Waals surface area contributed by atoms with E-state index in [0.717, 1.165) is 6.08 Å². The third kappa shape index (κ3) is 5.47. The third-order valence-corrected chi connectivity index (χ3v) is 2.21. The number of hydrogen-bond acceptors (Lipinski definition) is 7. The predicted octanol–water partition coefficient (Wildman–Crippen LogP) is 1.15. The van der Waals surface area contributed by atoms with Gasteiger partial charge in [0, 0.05) is 6.08 Å². The Hall–Kier alpha value is -2.44. The Morgan fingerprint density at radius 1 is 1.25 bits per heavy atom. The van der Waals surface area contributed by atoms with Crippen LogP contribution in [-0.2, 0) is 14.3 Å². The van der Waals surface area contributed by atoms with Gasteiger partial charge in [-0.25, -0.2) is 19.6 Å². The molecule has 108 valence electrons. The van der Waals surface area contributed by atoms with Crippen LogP contribution < -0.4 is 4.74 Å². The van der Waals surface area contributed by atoms with Gasteiger partial charge in [0.15, 0.2) is 5.75 Å². The van der Waals surface area contributed by atoms with Crippen LogP contribution in [0.1, 0.15) is 23.5 Å². The molecule has 1 rings (SSSR count). The zero-order chi connectivity index (χ0) is 14.8. The Bertz CT molecular complexity index is 458. The quantitative estimate of drug-likeness (QED) is 0.401. The molecule has 0 radical (unpaired) electrons. The lowest BCUT2D eigenvalue weighted by atomic mass is 10.3. The van der Waals surface area contributed by atoms with E-state index in [-0.39, 0.29) is 5.82 Å². The van der Waals surface area contributed by atoms with Crippen molar-refractivity contribution in [1.29, 1.82) is 0 Å². The van der Waals surface area contributed by atoms with E-state index >= 15 is 0 Å². The van der Waals surface area contributed by atoms with E-state index in [4.69, 9.17) is 9.47 Å². The van der Waals surface area contributed by atoms with E-state index in [1.807, 2.05) is 0 Å². The summed E-state index contributed by atoms with van der Waals surface area (Å²) >= 11 is 0. The monoisotopic (exact) mass is 280 g/mol. The highest BCUT2D eigenvalue weighted by Gasteiger charge is 2.08. The topological polar surface area (TPSA) is 87.6 Å². The van der Waals surface area contributed by atoms with Gasteiger partial charge in [0.25, 0.3) is 0 Å². The molecule has 0 aromatic carbocycles. The van der Waals surface area contributed by atoms with Crippen LogP contribution in [-0.4, -0.2) is 42.2 Å². The highest BCUT2D eigenvalue weighted by Crippen LogP contribution is 2.07. The predicted molar refractivity (Wildman–Crippen MR) is 69.3 cm³/mol. The van der Waals surface area contributed by atoms with Crippen LogP contribution in [0.5, 0.6) is 5.75 Å². The summed E-state index contributed by atoms with van der Waals surface area (Å²) in [6, 6.07) is 0. The summed E-state index contributed by atoms with van der Waals surface area (Å²) in [7, 11) is 1.26. The highest BCUT2D eigenvalue weighted by atomic mass is 16.5. The van der Waals surface area contributed by atoms with Crippen molar-refractivity contribution >= 4 is 11.9 Å². The summed E-state index contributed by atoms with van der Waals surface area (Å²) in [5.74, 6) is -0.588. The van der Waals surface area contributed by atoms with Crippen molar-refractivity contribution in [3.63, 3.8) is 0 Å². The molecular weight excluding hydrogens is 264 g/mol. The lowest BCUT2D eigenvalue weighted by Crippen LogP contribution is -2.08. The molecule has 0 saturated carbocycles. The fraction of sp³-hybridized carbons (Fsp3) is 0.385. The first-order valence-corrected chi connectivity index (χ1v) is 5.99. The standard InChI is InChI=1S/C13H16N2O5/c1-3-11(16)20-7-5-4-6-19-10-8-14-12(15-9-10)13(17)18-2/h3,8-9H,1,4-7H2,2H3. The fourth-order valence-corrected chi connectivity index (χ4v) is 1.21. The first kappa shape index (κ1) is 15.6. The van der Waals surface area contributed by atoms with Crippen molar-refractivity contribution in [3.05, 3.63) is 30.9 Å². The maximum atomic E-state index is 11.1. The Balaban J connectivity index is 2.20. The number of nitrogens with zero attached hydrogens (tertiary/aromatic N) is 2. The number of rotatable bonds is 8. The second-order valence-corrected chi connectivity index (χ2v) is 3.66. The van der Waals surface area contributed by atoms with Gasteiger partial charge in [0.05, 0.1) is 32.7 Å². The molecule has 0 unspecified atom stereocenters. The summed E-state index contributed by atoms with van der Waals surface area (Å²) < 4.78 is 14.7. The Morgan fingerprint density at radius 3 is 2.50 bits per heavy atom. The van der Waals surface area contributed by atoms with Crippen LogP contribution in [0.3, 0.4) is 0 Å². The molecule has 0 bridgehead atoms. The largest absolute Gasteiger partial charge is 0.490 e. The second-order valence-electron chi connectivity index (χ2n) is 3.66. The second kappa shape index (κ2) is 8.63. The number of hydrogen-bond donors (Lipinski definition) is 0. The number of methoxy groups -OCH3 is 1. The van der Waals surface area contributed by atoms with E-state index < -0.39 is 11.9 Å². The van der Waals surface area contributed by atoms with Crippen LogP contribution in [0, 0.1) is 0 Å². The first-order valence-electron chi connectivity index (χ1n) is 5.99. The zero-order valence-corrected chi connectivity index (χ0v) is 11.2. The van der Waals surface area contributed by atoms with E-state index in [0.29, 0.717) is 31.8 Å². The van der Waals surface area contributed by atoms with Crippen molar-refractivity contribution in [2.24, 2.45) is 0 Å². The minimum Gasteiger partial charge on any atom is -0.490 e. The molecule has 1 aromatic rings. The lowest BCUT2D eigenvalue weighted by molar-refractivity contribution is -0.137. The number of aromatic nitrogens is 2. The zero-order valence-electron chi connectivity index (χ0n) is 11.2. The molecule has 0 aliphatic heterocycles. The molecule has 7 heteroatoms. The molecule has 0 aliphatic carbocycles. The Morgan fingerprint density at radius 2 is 1.90 bits per heavy atom. The molecular formula is C13H16N2O5. The number of carbonyl (C=O) groups excluding carboxylic acids is 2. The maximum absolute atomic E-state index is 11.1. The summed E-state index contributed by atoms with van der Waals surface area (Å²) in [6.45, 7) is 4.06. The van der Waals surface area contributed by atoms with E-state index in [2.05, 4.69) is 21.3 Å². The van der Waals surface area contributed by atoms with Gasteiger partial charge >= 0.3 is 11.9 Å². The van der Waals surface area contributed by atoms with Crippen molar-refractivity contribution in [2.45, 2.75) is 12.8 Å². The van der Waals surface area contributed by atoms with Crippen LogP contribution in [0.15, 0.2) is 25.0 Å². The molecule has 0 fully saturated rings. The average Bonchev–Trinajstić information content (AvgIpc) is 2.50. The molecule has 0 saturated heterocycles. The molecule has 20 heavy (non-hydrogen) atoms. The van der Waals surface area contributed by atoms with Crippen LogP contribution in [0.4, 0.5) is 0 Å². The highest BCUT2D eigenvalue weighted by molar-refractivity contribution is 5.84. The van der Waals surface area contributed by atoms with Crippen molar-refractivity contribution in [2.75, 3.05) is 20.3 Å². The average molecular weight is 280 g/mol. The molecule has 1 heterocycles. The van der Waals surface area contributed by atoms with Gasteiger partial charge in [-0.05, 0) is 12.8 Å². The summed E-state index contributed by atoms with van der Waals surface area (Å²) in [6.07, 6.45) is 5.31. The molecule has 0 aliphatic rings. The van der Waals surface area contributed by atoms with Gasteiger partial charge in [0.1, 0.15) is 0 Å². The Labute approximate surface area is 116 Å². The lowest BCUT2D eigenvalue weighted by Gasteiger charge is -2.06. The third-order valence-electron chi connectivity index (χ3n) is 2.21. The molecule has 0 spiro atoms. The first-order chi connectivity index (χ1) is 9.67.